The van der Waals surface area contributed by atoms with E-state index in [2.05, 4.69) is 20.9 Å². The SMILES string of the molecule is Cc1c[nH]c(=O)n(CCCN2CCN(c3ccccc3Cl)CC2)c1=O. The third-order valence-electron chi connectivity index (χ3n) is 4.66. The third kappa shape index (κ3) is 4.14. The summed E-state index contributed by atoms with van der Waals surface area (Å²) in [5.41, 5.74) is 1.11. The van der Waals surface area contributed by atoms with E-state index in [9.17, 15) is 9.59 Å². The van der Waals surface area contributed by atoms with Gasteiger partial charge in [0.2, 0.25) is 0 Å². The van der Waals surface area contributed by atoms with Gasteiger partial charge in [-0.15, -0.1) is 0 Å². The molecule has 0 unspecified atom stereocenters. The molecular formula is C18H23ClN4O2. The Balaban J connectivity index is 1.51. The fourth-order valence-corrected chi connectivity index (χ4v) is 3.45. The minimum absolute atomic E-state index is 0.202. The van der Waals surface area contributed by atoms with Crippen molar-refractivity contribution in [2.75, 3.05) is 37.6 Å². The predicted molar refractivity (Wildman–Crippen MR) is 101 cm³/mol. The lowest BCUT2D eigenvalue weighted by Gasteiger charge is -2.36. The number of para-hydroxylation sites is 1. The summed E-state index contributed by atoms with van der Waals surface area (Å²) in [5.74, 6) is 0. The van der Waals surface area contributed by atoms with Gasteiger partial charge in [-0.25, -0.2) is 4.79 Å². The molecular weight excluding hydrogens is 340 g/mol. The Kier molecular flexibility index (Phi) is 5.60. The van der Waals surface area contributed by atoms with Crippen molar-refractivity contribution in [2.45, 2.75) is 19.9 Å². The molecule has 0 amide bonds. The van der Waals surface area contributed by atoms with Crippen LogP contribution in [0.4, 0.5) is 5.69 Å². The van der Waals surface area contributed by atoms with Crippen molar-refractivity contribution >= 4 is 17.3 Å². The van der Waals surface area contributed by atoms with E-state index in [0.717, 1.165) is 49.9 Å². The van der Waals surface area contributed by atoms with E-state index in [4.69, 9.17) is 11.6 Å². The van der Waals surface area contributed by atoms with E-state index in [1.165, 1.54) is 10.8 Å². The van der Waals surface area contributed by atoms with Gasteiger partial charge in [-0.05, 0) is 32.0 Å². The van der Waals surface area contributed by atoms with Crippen LogP contribution in [-0.2, 0) is 6.54 Å². The highest BCUT2D eigenvalue weighted by atomic mass is 35.5. The Labute approximate surface area is 151 Å². The van der Waals surface area contributed by atoms with E-state index in [0.29, 0.717) is 12.1 Å². The summed E-state index contributed by atoms with van der Waals surface area (Å²) in [5, 5.41) is 0.786. The first kappa shape index (κ1) is 17.8. The average molecular weight is 363 g/mol. The molecule has 6 nitrogen and oxygen atoms in total. The molecule has 25 heavy (non-hydrogen) atoms. The summed E-state index contributed by atoms with van der Waals surface area (Å²) in [4.78, 5) is 31.1. The first-order chi connectivity index (χ1) is 12.1. The van der Waals surface area contributed by atoms with E-state index in [1.54, 1.807) is 6.92 Å². The largest absolute Gasteiger partial charge is 0.368 e. The number of hydrogen-bond acceptors (Lipinski definition) is 4. The summed E-state index contributed by atoms with van der Waals surface area (Å²) in [6, 6.07) is 7.91. The quantitative estimate of drug-likeness (QED) is 0.879. The van der Waals surface area contributed by atoms with Crippen LogP contribution in [0.15, 0.2) is 40.1 Å². The highest BCUT2D eigenvalue weighted by Gasteiger charge is 2.18. The van der Waals surface area contributed by atoms with Crippen molar-refractivity contribution in [3.8, 4) is 0 Å². The Morgan fingerprint density at radius 2 is 1.80 bits per heavy atom. The molecule has 1 N–H and O–H groups in total. The van der Waals surface area contributed by atoms with Gasteiger partial charge in [0.1, 0.15) is 0 Å². The second-order valence-electron chi connectivity index (χ2n) is 6.37. The zero-order valence-corrected chi connectivity index (χ0v) is 15.1. The highest BCUT2D eigenvalue weighted by molar-refractivity contribution is 6.33. The molecule has 134 valence electrons. The first-order valence-electron chi connectivity index (χ1n) is 8.57. The van der Waals surface area contributed by atoms with E-state index < -0.39 is 0 Å². The molecule has 0 radical (unpaired) electrons. The number of aromatic amines is 1. The average Bonchev–Trinajstić information content (AvgIpc) is 2.62. The van der Waals surface area contributed by atoms with Gasteiger partial charge >= 0.3 is 5.69 Å². The van der Waals surface area contributed by atoms with Gasteiger partial charge in [0, 0.05) is 44.5 Å². The van der Waals surface area contributed by atoms with Gasteiger partial charge in [0.25, 0.3) is 5.56 Å². The van der Waals surface area contributed by atoms with Crippen molar-refractivity contribution < 1.29 is 0 Å². The van der Waals surface area contributed by atoms with Crippen LogP contribution in [0, 0.1) is 6.92 Å². The molecule has 1 aliphatic heterocycles. The Morgan fingerprint density at radius 3 is 2.52 bits per heavy atom. The molecule has 1 fully saturated rings. The second-order valence-corrected chi connectivity index (χ2v) is 6.77. The fraction of sp³-hybridized carbons (Fsp3) is 0.444. The minimum atomic E-state index is -0.334. The van der Waals surface area contributed by atoms with Crippen LogP contribution in [-0.4, -0.2) is 47.2 Å². The van der Waals surface area contributed by atoms with Crippen LogP contribution in [0.2, 0.25) is 5.02 Å². The van der Waals surface area contributed by atoms with E-state index >= 15 is 0 Å². The van der Waals surface area contributed by atoms with Crippen molar-refractivity contribution in [3.63, 3.8) is 0 Å². The summed E-state index contributed by atoms with van der Waals surface area (Å²) in [7, 11) is 0. The van der Waals surface area contributed by atoms with Crippen molar-refractivity contribution in [2.24, 2.45) is 0 Å². The standard InChI is InChI=1S/C18H23ClN4O2/c1-14-13-20-18(25)23(17(14)24)8-4-7-21-9-11-22(12-10-21)16-6-3-2-5-15(16)19/h2-3,5-6,13H,4,7-12H2,1H3,(H,20,25). The summed E-state index contributed by atoms with van der Waals surface area (Å²) < 4.78 is 1.29. The summed E-state index contributed by atoms with van der Waals surface area (Å²) >= 11 is 6.27. The van der Waals surface area contributed by atoms with Crippen LogP contribution in [0.3, 0.4) is 0 Å². The summed E-state index contributed by atoms with van der Waals surface area (Å²) in [6.45, 7) is 6.78. The van der Waals surface area contributed by atoms with Gasteiger partial charge in [0.15, 0.2) is 0 Å². The maximum Gasteiger partial charge on any atom is 0.328 e. The smallest absolute Gasteiger partial charge is 0.328 e. The number of hydrogen-bond donors (Lipinski definition) is 1. The molecule has 3 rings (SSSR count). The van der Waals surface area contributed by atoms with Crippen LogP contribution >= 0.6 is 11.6 Å². The van der Waals surface area contributed by atoms with Gasteiger partial charge in [0.05, 0.1) is 10.7 Å². The molecule has 1 saturated heterocycles. The van der Waals surface area contributed by atoms with Crippen molar-refractivity contribution in [1.82, 2.24) is 14.5 Å². The Bertz CT molecular complexity index is 837. The zero-order chi connectivity index (χ0) is 17.8. The first-order valence-corrected chi connectivity index (χ1v) is 8.95. The molecule has 0 spiro atoms. The van der Waals surface area contributed by atoms with E-state index in [-0.39, 0.29) is 11.2 Å². The number of anilines is 1. The summed E-state index contributed by atoms with van der Waals surface area (Å²) in [6.07, 6.45) is 2.24. The lowest BCUT2D eigenvalue weighted by atomic mass is 10.2. The number of aryl methyl sites for hydroxylation is 1. The third-order valence-corrected chi connectivity index (χ3v) is 4.98. The number of aromatic nitrogens is 2. The van der Waals surface area contributed by atoms with Gasteiger partial charge in [-0.3, -0.25) is 14.3 Å². The number of halogens is 1. The van der Waals surface area contributed by atoms with Crippen LogP contribution in [0.5, 0.6) is 0 Å². The molecule has 0 atom stereocenters. The van der Waals surface area contributed by atoms with E-state index in [1.807, 2.05) is 18.2 Å². The zero-order valence-electron chi connectivity index (χ0n) is 14.4. The maximum atomic E-state index is 12.0. The van der Waals surface area contributed by atoms with Gasteiger partial charge in [-0.1, -0.05) is 23.7 Å². The van der Waals surface area contributed by atoms with Gasteiger partial charge in [-0.2, -0.15) is 0 Å². The van der Waals surface area contributed by atoms with Gasteiger partial charge < -0.3 is 9.88 Å². The number of benzene rings is 1. The molecule has 2 heterocycles. The molecule has 2 aromatic rings. The maximum absolute atomic E-state index is 12.0. The number of H-pyrrole nitrogens is 1. The molecule has 7 heteroatoms. The van der Waals surface area contributed by atoms with Crippen molar-refractivity contribution in [1.29, 1.82) is 0 Å². The molecule has 1 aromatic carbocycles. The molecule has 0 aliphatic carbocycles. The Hall–Kier alpha value is -2.05. The van der Waals surface area contributed by atoms with Crippen LogP contribution in [0.25, 0.3) is 0 Å². The second kappa shape index (κ2) is 7.89. The predicted octanol–water partition coefficient (Wildman–Crippen LogP) is 1.71. The van der Waals surface area contributed by atoms with Crippen LogP contribution in [0.1, 0.15) is 12.0 Å². The normalized spacial score (nSPS) is 15.5. The molecule has 1 aromatic heterocycles. The van der Waals surface area contributed by atoms with Crippen molar-refractivity contribution in [3.05, 3.63) is 61.9 Å². The lowest BCUT2D eigenvalue weighted by molar-refractivity contribution is 0.249. The molecule has 1 aliphatic rings. The number of rotatable bonds is 5. The Morgan fingerprint density at radius 1 is 1.08 bits per heavy atom. The number of piperazine rings is 1. The fourth-order valence-electron chi connectivity index (χ4n) is 3.19. The highest BCUT2D eigenvalue weighted by Crippen LogP contribution is 2.25. The lowest BCUT2D eigenvalue weighted by Crippen LogP contribution is -2.47. The minimum Gasteiger partial charge on any atom is -0.368 e. The molecule has 0 bridgehead atoms. The topological polar surface area (TPSA) is 61.3 Å². The van der Waals surface area contributed by atoms with Crippen LogP contribution < -0.4 is 16.1 Å². The number of nitrogens with zero attached hydrogens (tertiary/aromatic N) is 3. The molecule has 0 saturated carbocycles. The monoisotopic (exact) mass is 362 g/mol. The number of nitrogens with one attached hydrogen (secondary N) is 1.